The molecule has 0 radical (unpaired) electrons. The summed E-state index contributed by atoms with van der Waals surface area (Å²) in [6.07, 6.45) is 3.61. The van der Waals surface area contributed by atoms with E-state index in [4.69, 9.17) is 4.74 Å². The van der Waals surface area contributed by atoms with Gasteiger partial charge < -0.3 is 10.1 Å². The predicted molar refractivity (Wildman–Crippen MR) is 86.5 cm³/mol. The molecule has 2 fully saturated rings. The van der Waals surface area contributed by atoms with Crippen LogP contribution in [-0.2, 0) is 11.2 Å². The number of benzene rings is 1. The molecule has 21 heavy (non-hydrogen) atoms. The Morgan fingerprint density at radius 1 is 1.29 bits per heavy atom. The lowest BCUT2D eigenvalue weighted by molar-refractivity contribution is 0.0991. The molecule has 3 heteroatoms. The molecule has 3 nitrogen and oxygen atoms in total. The second kappa shape index (κ2) is 7.39. The Morgan fingerprint density at radius 3 is 2.86 bits per heavy atom. The zero-order valence-electron chi connectivity index (χ0n) is 13.1. The third-order valence-corrected chi connectivity index (χ3v) is 4.93. The first-order valence-corrected chi connectivity index (χ1v) is 8.44. The van der Waals surface area contributed by atoms with E-state index in [1.807, 2.05) is 0 Å². The molecule has 2 heterocycles. The fourth-order valence-corrected chi connectivity index (χ4v) is 3.65. The second-order valence-corrected chi connectivity index (χ2v) is 6.54. The Kier molecular flexibility index (Phi) is 5.28. The third kappa shape index (κ3) is 4.06. The van der Waals surface area contributed by atoms with Crippen molar-refractivity contribution in [3.63, 3.8) is 0 Å². The van der Waals surface area contributed by atoms with Gasteiger partial charge in [-0.1, -0.05) is 37.3 Å². The average molecular weight is 288 g/mol. The first kappa shape index (κ1) is 15.0. The molecule has 0 aliphatic carbocycles. The van der Waals surface area contributed by atoms with Crippen LogP contribution in [0.15, 0.2) is 30.3 Å². The maximum Gasteiger partial charge on any atom is 0.0507 e. The summed E-state index contributed by atoms with van der Waals surface area (Å²) < 4.78 is 5.55. The molecule has 0 amide bonds. The van der Waals surface area contributed by atoms with Gasteiger partial charge in [0.1, 0.15) is 0 Å². The summed E-state index contributed by atoms with van der Waals surface area (Å²) >= 11 is 0. The van der Waals surface area contributed by atoms with Gasteiger partial charge >= 0.3 is 0 Å². The minimum Gasteiger partial charge on any atom is -0.381 e. The Balaban J connectivity index is 1.57. The Bertz CT molecular complexity index is 416. The molecule has 0 aromatic heterocycles. The molecular formula is C18H28N2O. The Labute approximate surface area is 128 Å². The molecular weight excluding hydrogens is 260 g/mol. The van der Waals surface area contributed by atoms with Gasteiger partial charge in [0.25, 0.3) is 0 Å². The number of hydrogen-bond donors (Lipinski definition) is 1. The van der Waals surface area contributed by atoms with Gasteiger partial charge in [0.05, 0.1) is 6.61 Å². The van der Waals surface area contributed by atoms with Crippen molar-refractivity contribution in [3.05, 3.63) is 35.9 Å². The molecule has 2 saturated heterocycles. The molecule has 0 saturated carbocycles. The highest BCUT2D eigenvalue weighted by atomic mass is 16.5. The van der Waals surface area contributed by atoms with Crippen LogP contribution in [0.2, 0.25) is 0 Å². The highest BCUT2D eigenvalue weighted by molar-refractivity contribution is 5.16. The fourth-order valence-electron chi connectivity index (χ4n) is 3.65. The topological polar surface area (TPSA) is 24.5 Å². The summed E-state index contributed by atoms with van der Waals surface area (Å²) in [7, 11) is 0. The highest BCUT2D eigenvalue weighted by Crippen LogP contribution is 2.19. The summed E-state index contributed by atoms with van der Waals surface area (Å²) in [5.41, 5.74) is 1.44. The SMILES string of the molecule is CCC1CNC(Cc2ccccc2)CN1CC1CCOC1. The van der Waals surface area contributed by atoms with Crippen molar-refractivity contribution < 1.29 is 4.74 Å². The maximum absolute atomic E-state index is 5.55. The van der Waals surface area contributed by atoms with Crippen LogP contribution in [-0.4, -0.2) is 49.8 Å². The minimum absolute atomic E-state index is 0.581. The van der Waals surface area contributed by atoms with Crippen LogP contribution in [0.4, 0.5) is 0 Å². The predicted octanol–water partition coefficient (Wildman–Crippen LogP) is 2.32. The number of nitrogens with zero attached hydrogens (tertiary/aromatic N) is 1. The number of piperazine rings is 1. The average Bonchev–Trinajstić information content (AvgIpc) is 3.02. The third-order valence-electron chi connectivity index (χ3n) is 4.93. The van der Waals surface area contributed by atoms with E-state index in [-0.39, 0.29) is 0 Å². The normalized spacial score (nSPS) is 30.6. The molecule has 3 rings (SSSR count). The summed E-state index contributed by atoms with van der Waals surface area (Å²) in [4.78, 5) is 2.71. The van der Waals surface area contributed by atoms with Crippen LogP contribution >= 0.6 is 0 Å². The fraction of sp³-hybridized carbons (Fsp3) is 0.667. The van der Waals surface area contributed by atoms with Crippen LogP contribution in [0.1, 0.15) is 25.3 Å². The van der Waals surface area contributed by atoms with Gasteiger partial charge in [-0.2, -0.15) is 0 Å². The standard InChI is InChI=1S/C18H28N2O/c1-2-18-11-19-17(10-15-6-4-3-5-7-15)13-20(18)12-16-8-9-21-14-16/h3-7,16-19H,2,8-14H2,1H3. The number of ether oxygens (including phenoxy) is 1. The highest BCUT2D eigenvalue weighted by Gasteiger charge is 2.29. The monoisotopic (exact) mass is 288 g/mol. The van der Waals surface area contributed by atoms with E-state index < -0.39 is 0 Å². The molecule has 0 spiro atoms. The summed E-state index contributed by atoms with van der Waals surface area (Å²) in [5.74, 6) is 0.745. The molecule has 3 unspecified atom stereocenters. The lowest BCUT2D eigenvalue weighted by atomic mass is 9.98. The molecule has 2 aliphatic rings. The lowest BCUT2D eigenvalue weighted by Gasteiger charge is -2.41. The van der Waals surface area contributed by atoms with E-state index in [1.165, 1.54) is 31.5 Å². The van der Waals surface area contributed by atoms with E-state index in [0.717, 1.165) is 32.1 Å². The van der Waals surface area contributed by atoms with E-state index in [0.29, 0.717) is 12.1 Å². The zero-order chi connectivity index (χ0) is 14.5. The van der Waals surface area contributed by atoms with E-state index in [1.54, 1.807) is 0 Å². The van der Waals surface area contributed by atoms with Gasteiger partial charge in [0, 0.05) is 38.3 Å². The van der Waals surface area contributed by atoms with Crippen LogP contribution in [0, 0.1) is 5.92 Å². The van der Waals surface area contributed by atoms with Crippen molar-refractivity contribution in [2.24, 2.45) is 5.92 Å². The van der Waals surface area contributed by atoms with Crippen molar-refractivity contribution in [2.75, 3.05) is 32.8 Å². The van der Waals surface area contributed by atoms with E-state index in [9.17, 15) is 0 Å². The van der Waals surface area contributed by atoms with Crippen LogP contribution in [0.5, 0.6) is 0 Å². The minimum atomic E-state index is 0.581. The van der Waals surface area contributed by atoms with Gasteiger partial charge in [-0.25, -0.2) is 0 Å². The molecule has 2 aliphatic heterocycles. The lowest BCUT2D eigenvalue weighted by Crippen LogP contribution is -2.57. The smallest absolute Gasteiger partial charge is 0.0507 e. The summed E-state index contributed by atoms with van der Waals surface area (Å²) in [6.45, 7) is 7.74. The molecule has 1 N–H and O–H groups in total. The molecule has 116 valence electrons. The van der Waals surface area contributed by atoms with Crippen LogP contribution < -0.4 is 5.32 Å². The Hall–Kier alpha value is -0.900. The van der Waals surface area contributed by atoms with Crippen molar-refractivity contribution >= 4 is 0 Å². The van der Waals surface area contributed by atoms with Crippen molar-refractivity contribution in [3.8, 4) is 0 Å². The van der Waals surface area contributed by atoms with Gasteiger partial charge in [-0.05, 0) is 30.7 Å². The van der Waals surface area contributed by atoms with E-state index in [2.05, 4.69) is 47.5 Å². The molecule has 0 bridgehead atoms. The zero-order valence-corrected chi connectivity index (χ0v) is 13.1. The maximum atomic E-state index is 5.55. The summed E-state index contributed by atoms with van der Waals surface area (Å²) in [5, 5.41) is 3.75. The molecule has 1 aromatic carbocycles. The van der Waals surface area contributed by atoms with Crippen LogP contribution in [0.3, 0.4) is 0 Å². The van der Waals surface area contributed by atoms with Crippen molar-refractivity contribution in [1.82, 2.24) is 10.2 Å². The van der Waals surface area contributed by atoms with Crippen molar-refractivity contribution in [2.45, 2.75) is 38.3 Å². The molecule has 3 atom stereocenters. The van der Waals surface area contributed by atoms with Crippen molar-refractivity contribution in [1.29, 1.82) is 0 Å². The van der Waals surface area contributed by atoms with Gasteiger partial charge in [-0.3, -0.25) is 4.90 Å². The first-order chi connectivity index (χ1) is 10.3. The molecule has 1 aromatic rings. The van der Waals surface area contributed by atoms with Gasteiger partial charge in [0.15, 0.2) is 0 Å². The Morgan fingerprint density at radius 2 is 2.14 bits per heavy atom. The first-order valence-electron chi connectivity index (χ1n) is 8.44. The number of hydrogen-bond acceptors (Lipinski definition) is 3. The quantitative estimate of drug-likeness (QED) is 0.900. The van der Waals surface area contributed by atoms with E-state index >= 15 is 0 Å². The second-order valence-electron chi connectivity index (χ2n) is 6.54. The van der Waals surface area contributed by atoms with Crippen LogP contribution in [0.25, 0.3) is 0 Å². The summed E-state index contributed by atoms with van der Waals surface area (Å²) in [6, 6.07) is 12.1. The van der Waals surface area contributed by atoms with Gasteiger partial charge in [-0.15, -0.1) is 0 Å². The van der Waals surface area contributed by atoms with Gasteiger partial charge in [0.2, 0.25) is 0 Å². The number of nitrogens with one attached hydrogen (secondary N) is 1. The number of rotatable bonds is 5. The largest absolute Gasteiger partial charge is 0.381 e.